The van der Waals surface area contributed by atoms with Crippen molar-refractivity contribution in [2.45, 2.75) is 45.1 Å². The minimum atomic E-state index is -0.667. The van der Waals surface area contributed by atoms with Crippen LogP contribution < -0.4 is 5.32 Å². The molecule has 1 fully saturated rings. The van der Waals surface area contributed by atoms with Gasteiger partial charge in [0.2, 0.25) is 0 Å². The molecular formula is C15H20BrNO2. The average molecular weight is 326 g/mol. The first-order chi connectivity index (χ1) is 9.04. The Morgan fingerprint density at radius 3 is 2.63 bits per heavy atom. The number of carboxylic acid groups (broad SMARTS) is 1. The normalized spacial score (nSPS) is 23.1. The number of hydrogen-bond donors (Lipinski definition) is 2. The zero-order valence-corrected chi connectivity index (χ0v) is 12.7. The van der Waals surface area contributed by atoms with Gasteiger partial charge in [-0.25, -0.2) is 0 Å². The van der Waals surface area contributed by atoms with E-state index in [1.807, 2.05) is 6.07 Å². The fraction of sp³-hybridized carbons (Fsp3) is 0.533. The minimum Gasteiger partial charge on any atom is -0.481 e. The zero-order chi connectivity index (χ0) is 13.8. The third-order valence-electron chi connectivity index (χ3n) is 3.86. The van der Waals surface area contributed by atoms with Crippen molar-refractivity contribution >= 4 is 27.6 Å². The van der Waals surface area contributed by atoms with Crippen LogP contribution in [-0.2, 0) is 4.79 Å². The highest BCUT2D eigenvalue weighted by atomic mass is 79.9. The maximum atomic E-state index is 10.7. The molecule has 2 N–H and O–H groups in total. The average Bonchev–Trinajstić information content (AvgIpc) is 2.34. The van der Waals surface area contributed by atoms with E-state index in [4.69, 9.17) is 5.11 Å². The van der Waals surface area contributed by atoms with Gasteiger partial charge in [0.05, 0.1) is 0 Å². The third kappa shape index (κ3) is 4.23. The number of carboxylic acids is 1. The van der Waals surface area contributed by atoms with Crippen LogP contribution >= 0.6 is 15.9 Å². The van der Waals surface area contributed by atoms with Gasteiger partial charge in [0.25, 0.3) is 0 Å². The highest BCUT2D eigenvalue weighted by molar-refractivity contribution is 9.10. The van der Waals surface area contributed by atoms with Crippen molar-refractivity contribution in [1.82, 2.24) is 0 Å². The van der Waals surface area contributed by atoms with Gasteiger partial charge in [-0.2, -0.15) is 0 Å². The topological polar surface area (TPSA) is 49.3 Å². The van der Waals surface area contributed by atoms with E-state index >= 15 is 0 Å². The molecule has 1 aliphatic rings. The lowest BCUT2D eigenvalue weighted by Gasteiger charge is -2.29. The molecule has 0 saturated heterocycles. The molecule has 0 heterocycles. The number of hydrogen-bond acceptors (Lipinski definition) is 2. The van der Waals surface area contributed by atoms with Gasteiger partial charge in [-0.3, -0.25) is 4.79 Å². The van der Waals surface area contributed by atoms with Crippen LogP contribution in [0.3, 0.4) is 0 Å². The Kier molecular flexibility index (Phi) is 4.86. The molecule has 1 aromatic carbocycles. The number of benzene rings is 1. The van der Waals surface area contributed by atoms with E-state index in [0.29, 0.717) is 18.4 Å². The van der Waals surface area contributed by atoms with Crippen molar-refractivity contribution < 1.29 is 9.90 Å². The molecule has 0 amide bonds. The number of nitrogens with one attached hydrogen (secondary N) is 1. The van der Waals surface area contributed by atoms with Crippen molar-refractivity contribution in [2.75, 3.05) is 5.32 Å². The van der Waals surface area contributed by atoms with Crippen LogP contribution in [0.15, 0.2) is 22.7 Å². The Bertz CT molecular complexity index is 453. The summed E-state index contributed by atoms with van der Waals surface area (Å²) in [5.41, 5.74) is 2.42. The number of aliphatic carboxylic acids is 1. The monoisotopic (exact) mass is 325 g/mol. The lowest BCUT2D eigenvalue weighted by atomic mass is 9.84. The molecule has 0 aliphatic heterocycles. The maximum absolute atomic E-state index is 10.7. The quantitative estimate of drug-likeness (QED) is 0.872. The molecular weight excluding hydrogens is 306 g/mol. The van der Waals surface area contributed by atoms with Crippen LogP contribution in [0.25, 0.3) is 0 Å². The Hall–Kier alpha value is -1.03. The molecule has 0 bridgehead atoms. The van der Waals surface area contributed by atoms with Gasteiger partial charge in [0.1, 0.15) is 0 Å². The molecule has 0 atom stereocenters. The summed E-state index contributed by atoms with van der Waals surface area (Å²) >= 11 is 3.47. The number of anilines is 1. The smallest absolute Gasteiger partial charge is 0.303 e. The number of rotatable bonds is 4. The number of aryl methyl sites for hydroxylation is 1. The third-order valence-corrected chi connectivity index (χ3v) is 4.35. The summed E-state index contributed by atoms with van der Waals surface area (Å²) < 4.78 is 1.10. The SMILES string of the molecule is Cc1cc(Br)ccc1NC1CCC(CC(=O)O)CC1. The van der Waals surface area contributed by atoms with Crippen molar-refractivity contribution in [2.24, 2.45) is 5.92 Å². The molecule has 2 rings (SSSR count). The summed E-state index contributed by atoms with van der Waals surface area (Å²) in [5, 5.41) is 12.4. The second-order valence-corrected chi connectivity index (χ2v) is 6.33. The van der Waals surface area contributed by atoms with E-state index in [1.165, 1.54) is 11.3 Å². The van der Waals surface area contributed by atoms with Crippen LogP contribution in [0.1, 0.15) is 37.7 Å². The molecule has 1 aromatic rings. The molecule has 0 aromatic heterocycles. The van der Waals surface area contributed by atoms with Crippen molar-refractivity contribution in [3.63, 3.8) is 0 Å². The summed E-state index contributed by atoms with van der Waals surface area (Å²) in [7, 11) is 0. The van der Waals surface area contributed by atoms with E-state index in [2.05, 4.69) is 40.3 Å². The van der Waals surface area contributed by atoms with Gasteiger partial charge in [-0.15, -0.1) is 0 Å². The first kappa shape index (κ1) is 14.4. The second-order valence-electron chi connectivity index (χ2n) is 5.42. The van der Waals surface area contributed by atoms with Gasteiger partial charge >= 0.3 is 5.97 Å². The summed E-state index contributed by atoms with van der Waals surface area (Å²) in [4.78, 5) is 10.7. The molecule has 1 aliphatic carbocycles. The summed E-state index contributed by atoms with van der Waals surface area (Å²) in [6, 6.07) is 6.73. The van der Waals surface area contributed by atoms with Gasteiger partial charge in [0, 0.05) is 22.6 Å². The highest BCUT2D eigenvalue weighted by Crippen LogP contribution is 2.30. The first-order valence-electron chi connectivity index (χ1n) is 6.79. The molecule has 1 saturated carbocycles. The zero-order valence-electron chi connectivity index (χ0n) is 11.2. The summed E-state index contributed by atoms with van der Waals surface area (Å²) in [6.07, 6.45) is 4.48. The molecule has 3 nitrogen and oxygen atoms in total. The number of halogens is 1. The predicted molar refractivity (Wildman–Crippen MR) is 80.5 cm³/mol. The van der Waals surface area contributed by atoms with E-state index < -0.39 is 5.97 Å². The molecule has 104 valence electrons. The Labute approximate surface area is 122 Å². The van der Waals surface area contributed by atoms with E-state index in [9.17, 15) is 4.79 Å². The Balaban J connectivity index is 1.87. The van der Waals surface area contributed by atoms with Crippen molar-refractivity contribution in [1.29, 1.82) is 0 Å². The van der Waals surface area contributed by atoms with Gasteiger partial charge < -0.3 is 10.4 Å². The predicted octanol–water partition coefficient (Wildman–Crippen LogP) is 4.20. The summed E-state index contributed by atoms with van der Waals surface area (Å²) in [6.45, 7) is 2.10. The maximum Gasteiger partial charge on any atom is 0.303 e. The molecule has 0 spiro atoms. The fourth-order valence-electron chi connectivity index (χ4n) is 2.77. The lowest BCUT2D eigenvalue weighted by molar-refractivity contribution is -0.138. The van der Waals surface area contributed by atoms with Crippen LogP contribution in [0.2, 0.25) is 0 Å². The van der Waals surface area contributed by atoms with Crippen molar-refractivity contribution in [3.8, 4) is 0 Å². The molecule has 0 radical (unpaired) electrons. The van der Waals surface area contributed by atoms with Crippen LogP contribution in [-0.4, -0.2) is 17.1 Å². The lowest BCUT2D eigenvalue weighted by Crippen LogP contribution is -2.27. The van der Waals surface area contributed by atoms with Crippen LogP contribution in [0.5, 0.6) is 0 Å². The van der Waals surface area contributed by atoms with Crippen LogP contribution in [0.4, 0.5) is 5.69 Å². The van der Waals surface area contributed by atoms with E-state index in [0.717, 1.165) is 30.2 Å². The van der Waals surface area contributed by atoms with E-state index in [-0.39, 0.29) is 0 Å². The highest BCUT2D eigenvalue weighted by Gasteiger charge is 2.23. The van der Waals surface area contributed by atoms with E-state index in [1.54, 1.807) is 0 Å². The largest absolute Gasteiger partial charge is 0.481 e. The Morgan fingerprint density at radius 1 is 1.37 bits per heavy atom. The Morgan fingerprint density at radius 2 is 2.05 bits per heavy atom. The van der Waals surface area contributed by atoms with Gasteiger partial charge in [-0.1, -0.05) is 15.9 Å². The van der Waals surface area contributed by atoms with Gasteiger partial charge in [0.15, 0.2) is 0 Å². The fourth-order valence-corrected chi connectivity index (χ4v) is 3.24. The standard InChI is InChI=1S/C15H20BrNO2/c1-10-8-12(16)4-7-14(10)17-13-5-2-11(3-6-13)9-15(18)19/h4,7-8,11,13,17H,2-3,5-6,9H2,1H3,(H,18,19). The molecule has 4 heteroatoms. The molecule has 0 unspecified atom stereocenters. The van der Waals surface area contributed by atoms with Crippen molar-refractivity contribution in [3.05, 3.63) is 28.2 Å². The minimum absolute atomic E-state index is 0.323. The molecule has 19 heavy (non-hydrogen) atoms. The first-order valence-corrected chi connectivity index (χ1v) is 7.58. The number of carbonyl (C=O) groups is 1. The van der Waals surface area contributed by atoms with Crippen LogP contribution in [0, 0.1) is 12.8 Å². The second kappa shape index (κ2) is 6.42. The van der Waals surface area contributed by atoms with Gasteiger partial charge in [-0.05, 0) is 62.3 Å². The summed E-state index contributed by atoms with van der Waals surface area (Å²) in [5.74, 6) is -0.304.